The van der Waals surface area contributed by atoms with E-state index in [0.29, 0.717) is 5.92 Å². The summed E-state index contributed by atoms with van der Waals surface area (Å²) < 4.78 is 13.1. The molecule has 0 saturated carbocycles. The Bertz CT molecular complexity index is 700. The zero-order valence-electron chi connectivity index (χ0n) is 14.5. The van der Waals surface area contributed by atoms with Crippen molar-refractivity contribution in [2.24, 2.45) is 0 Å². The van der Waals surface area contributed by atoms with Crippen LogP contribution in [-0.4, -0.2) is 36.0 Å². The van der Waals surface area contributed by atoms with Crippen molar-refractivity contribution in [3.05, 3.63) is 69.8 Å². The van der Waals surface area contributed by atoms with E-state index >= 15 is 0 Å². The fourth-order valence-electron chi connectivity index (χ4n) is 3.96. The highest BCUT2D eigenvalue weighted by molar-refractivity contribution is 7.09. The van der Waals surface area contributed by atoms with Crippen molar-refractivity contribution in [1.82, 2.24) is 9.80 Å². The quantitative estimate of drug-likeness (QED) is 0.772. The molecule has 1 aromatic heterocycles. The lowest BCUT2D eigenvalue weighted by Crippen LogP contribution is -2.45. The monoisotopic (exact) mass is 356 g/mol. The Kier molecular flexibility index (Phi) is 5.18. The van der Waals surface area contributed by atoms with Gasteiger partial charge in [-0.3, -0.25) is 4.90 Å². The van der Waals surface area contributed by atoms with Gasteiger partial charge in [-0.05, 0) is 54.3 Å². The van der Waals surface area contributed by atoms with E-state index in [1.54, 1.807) is 12.1 Å². The fourth-order valence-corrected chi connectivity index (χ4v) is 4.71. The standard InChI is InChI=1S/C21H25FN2S/c22-19-7-3-17(4-8-19)18-5-9-20(10-6-18)24-13-11-23(12-14-24)16-21-2-1-15-25-21/h1-4,7-9,15,18H,5-6,10-14,16H2. The van der Waals surface area contributed by atoms with Gasteiger partial charge in [-0.1, -0.05) is 24.3 Å². The highest BCUT2D eigenvalue weighted by Crippen LogP contribution is 2.33. The maximum Gasteiger partial charge on any atom is 0.123 e. The maximum absolute atomic E-state index is 13.1. The van der Waals surface area contributed by atoms with Gasteiger partial charge >= 0.3 is 0 Å². The number of allylic oxidation sites excluding steroid dienone is 2. The number of piperazine rings is 1. The molecule has 2 aromatic rings. The molecule has 1 atom stereocenters. The molecule has 1 unspecified atom stereocenters. The average molecular weight is 357 g/mol. The van der Waals surface area contributed by atoms with Gasteiger partial charge in [0.15, 0.2) is 0 Å². The zero-order valence-corrected chi connectivity index (χ0v) is 15.4. The van der Waals surface area contributed by atoms with Gasteiger partial charge < -0.3 is 4.90 Å². The summed E-state index contributed by atoms with van der Waals surface area (Å²) in [6.07, 6.45) is 5.82. The average Bonchev–Trinajstić information content (AvgIpc) is 3.16. The molecular weight excluding hydrogens is 331 g/mol. The molecule has 25 heavy (non-hydrogen) atoms. The van der Waals surface area contributed by atoms with Crippen molar-refractivity contribution in [3.8, 4) is 0 Å². The Morgan fingerprint density at radius 1 is 1.04 bits per heavy atom. The predicted molar refractivity (Wildman–Crippen MR) is 102 cm³/mol. The molecule has 0 bridgehead atoms. The van der Waals surface area contributed by atoms with Crippen LogP contribution in [0, 0.1) is 5.82 Å². The maximum atomic E-state index is 13.1. The molecule has 1 saturated heterocycles. The van der Waals surface area contributed by atoms with Crippen molar-refractivity contribution in [2.45, 2.75) is 31.7 Å². The van der Waals surface area contributed by atoms with E-state index in [1.807, 2.05) is 23.5 Å². The third-order valence-electron chi connectivity index (χ3n) is 5.47. The van der Waals surface area contributed by atoms with Crippen LogP contribution < -0.4 is 0 Å². The molecule has 0 N–H and O–H groups in total. The summed E-state index contributed by atoms with van der Waals surface area (Å²) in [5, 5.41) is 2.16. The van der Waals surface area contributed by atoms with Crippen molar-refractivity contribution >= 4 is 11.3 Å². The summed E-state index contributed by atoms with van der Waals surface area (Å²) in [6.45, 7) is 5.67. The lowest BCUT2D eigenvalue weighted by molar-refractivity contribution is 0.148. The minimum absolute atomic E-state index is 0.142. The molecule has 1 aliphatic carbocycles. The Morgan fingerprint density at radius 2 is 1.84 bits per heavy atom. The number of thiophene rings is 1. The van der Waals surface area contributed by atoms with E-state index in [2.05, 4.69) is 33.4 Å². The van der Waals surface area contributed by atoms with Crippen LogP contribution in [0.5, 0.6) is 0 Å². The summed E-state index contributed by atoms with van der Waals surface area (Å²) in [4.78, 5) is 6.60. The van der Waals surface area contributed by atoms with Crippen LogP contribution >= 0.6 is 11.3 Å². The molecule has 132 valence electrons. The topological polar surface area (TPSA) is 6.48 Å². The van der Waals surface area contributed by atoms with Crippen LogP contribution in [0.25, 0.3) is 0 Å². The Hall–Kier alpha value is -1.65. The first-order valence-corrected chi connectivity index (χ1v) is 10.1. The minimum atomic E-state index is -0.142. The van der Waals surface area contributed by atoms with E-state index < -0.39 is 0 Å². The largest absolute Gasteiger partial charge is 0.373 e. The van der Waals surface area contributed by atoms with Crippen LogP contribution in [0.1, 0.15) is 35.6 Å². The first-order chi connectivity index (χ1) is 12.3. The number of nitrogens with zero attached hydrogens (tertiary/aromatic N) is 2. The zero-order chi connectivity index (χ0) is 17.1. The predicted octanol–water partition coefficient (Wildman–Crippen LogP) is 4.86. The first kappa shape index (κ1) is 16.8. The van der Waals surface area contributed by atoms with Gasteiger partial charge in [-0.2, -0.15) is 0 Å². The Morgan fingerprint density at radius 3 is 2.48 bits per heavy atom. The van der Waals surface area contributed by atoms with E-state index in [4.69, 9.17) is 0 Å². The van der Waals surface area contributed by atoms with E-state index in [-0.39, 0.29) is 5.82 Å². The number of benzene rings is 1. The lowest BCUT2D eigenvalue weighted by Gasteiger charge is -2.39. The smallest absolute Gasteiger partial charge is 0.123 e. The van der Waals surface area contributed by atoms with Crippen LogP contribution in [0.4, 0.5) is 4.39 Å². The van der Waals surface area contributed by atoms with Gasteiger partial charge in [0.1, 0.15) is 5.82 Å². The SMILES string of the molecule is Fc1ccc(C2CC=C(N3CCN(Cc4cccs4)CC3)CC2)cc1. The number of hydrogen-bond donors (Lipinski definition) is 0. The van der Waals surface area contributed by atoms with E-state index in [1.165, 1.54) is 22.6 Å². The second-order valence-corrected chi connectivity index (χ2v) is 8.09. The van der Waals surface area contributed by atoms with Crippen molar-refractivity contribution in [3.63, 3.8) is 0 Å². The second kappa shape index (κ2) is 7.71. The summed E-state index contributed by atoms with van der Waals surface area (Å²) in [6, 6.07) is 11.4. The summed E-state index contributed by atoms with van der Waals surface area (Å²) in [5.41, 5.74) is 2.80. The molecule has 2 heterocycles. The van der Waals surface area contributed by atoms with E-state index in [0.717, 1.165) is 45.6 Å². The second-order valence-electron chi connectivity index (χ2n) is 7.06. The molecule has 4 rings (SSSR count). The van der Waals surface area contributed by atoms with Crippen LogP contribution in [0.15, 0.2) is 53.6 Å². The lowest BCUT2D eigenvalue weighted by atomic mass is 9.86. The Balaban J connectivity index is 1.29. The summed E-state index contributed by atoms with van der Waals surface area (Å²) in [5.74, 6) is 0.403. The van der Waals surface area contributed by atoms with Crippen LogP contribution in [0.2, 0.25) is 0 Å². The van der Waals surface area contributed by atoms with Gasteiger partial charge in [0, 0.05) is 43.3 Å². The van der Waals surface area contributed by atoms with Crippen molar-refractivity contribution in [1.29, 1.82) is 0 Å². The van der Waals surface area contributed by atoms with Gasteiger partial charge in [-0.15, -0.1) is 11.3 Å². The molecule has 2 aliphatic rings. The van der Waals surface area contributed by atoms with Crippen molar-refractivity contribution < 1.29 is 4.39 Å². The van der Waals surface area contributed by atoms with Gasteiger partial charge in [0.2, 0.25) is 0 Å². The molecule has 0 spiro atoms. The molecule has 1 aromatic carbocycles. The highest BCUT2D eigenvalue weighted by atomic mass is 32.1. The molecule has 4 heteroatoms. The molecule has 0 radical (unpaired) electrons. The van der Waals surface area contributed by atoms with Crippen LogP contribution in [-0.2, 0) is 6.54 Å². The highest BCUT2D eigenvalue weighted by Gasteiger charge is 2.23. The summed E-state index contributed by atoms with van der Waals surface area (Å²) >= 11 is 1.85. The van der Waals surface area contributed by atoms with Crippen LogP contribution in [0.3, 0.4) is 0 Å². The molecule has 1 aliphatic heterocycles. The van der Waals surface area contributed by atoms with Gasteiger partial charge in [-0.25, -0.2) is 4.39 Å². The number of hydrogen-bond acceptors (Lipinski definition) is 3. The minimum Gasteiger partial charge on any atom is -0.373 e. The molecule has 2 nitrogen and oxygen atoms in total. The normalized spacial score (nSPS) is 22.0. The fraction of sp³-hybridized carbons (Fsp3) is 0.429. The third-order valence-corrected chi connectivity index (χ3v) is 6.33. The number of halogens is 1. The molecular formula is C21H25FN2S. The molecule has 0 amide bonds. The van der Waals surface area contributed by atoms with Gasteiger partial charge in [0.25, 0.3) is 0 Å². The van der Waals surface area contributed by atoms with Gasteiger partial charge in [0.05, 0.1) is 0 Å². The van der Waals surface area contributed by atoms with Crippen molar-refractivity contribution in [2.75, 3.05) is 26.2 Å². The third kappa shape index (κ3) is 4.13. The van der Waals surface area contributed by atoms with E-state index in [9.17, 15) is 4.39 Å². The summed E-state index contributed by atoms with van der Waals surface area (Å²) in [7, 11) is 0. The number of rotatable bonds is 4. The Labute approximate surface area is 153 Å². The molecule has 1 fully saturated rings. The first-order valence-electron chi connectivity index (χ1n) is 9.22.